The van der Waals surface area contributed by atoms with Gasteiger partial charge in [-0.25, -0.2) is 5.43 Å². The van der Waals surface area contributed by atoms with Crippen LogP contribution in [-0.4, -0.2) is 18.2 Å². The summed E-state index contributed by atoms with van der Waals surface area (Å²) in [6, 6.07) is 4.85. The first-order valence-corrected chi connectivity index (χ1v) is 7.91. The van der Waals surface area contributed by atoms with Crippen molar-refractivity contribution in [3.63, 3.8) is 0 Å². The molecule has 1 aliphatic rings. The van der Waals surface area contributed by atoms with Gasteiger partial charge in [-0.05, 0) is 50.3 Å². The third-order valence-electron chi connectivity index (χ3n) is 3.34. The fourth-order valence-corrected chi connectivity index (χ4v) is 2.52. The maximum absolute atomic E-state index is 11.9. The summed E-state index contributed by atoms with van der Waals surface area (Å²) in [5, 5.41) is 4.88. The molecule has 0 aliphatic heterocycles. The van der Waals surface area contributed by atoms with Gasteiger partial charge >= 0.3 is 0 Å². The van der Waals surface area contributed by atoms with Gasteiger partial charge in [0, 0.05) is 11.2 Å². The Kier molecular flexibility index (Phi) is 6.28. The molecule has 1 aromatic carbocycles. The highest BCUT2D eigenvalue weighted by atomic mass is 35.5. The lowest BCUT2D eigenvalue weighted by molar-refractivity contribution is -0.127. The molecule has 2 unspecified atom stereocenters. The third-order valence-corrected chi connectivity index (χ3v) is 3.87. The van der Waals surface area contributed by atoms with Gasteiger partial charge in [0.05, 0.1) is 5.02 Å². The Morgan fingerprint density at radius 1 is 1.45 bits per heavy atom. The minimum absolute atomic E-state index is 0.325. The summed E-state index contributed by atoms with van der Waals surface area (Å²) in [7, 11) is 0. The molecule has 0 radical (unpaired) electrons. The SMILES string of the molecule is CC(Oc1ccc(Cl)cc1Cl)C(=O)N/N=C/C1CC=CCC1. The van der Waals surface area contributed by atoms with E-state index in [1.54, 1.807) is 31.3 Å². The lowest BCUT2D eigenvalue weighted by atomic mass is 9.96. The molecule has 2 rings (SSSR count). The van der Waals surface area contributed by atoms with Crippen molar-refractivity contribution in [3.8, 4) is 5.75 Å². The number of rotatable bonds is 5. The van der Waals surface area contributed by atoms with Crippen LogP contribution in [0.25, 0.3) is 0 Å². The summed E-state index contributed by atoms with van der Waals surface area (Å²) in [6.07, 6.45) is 8.45. The smallest absolute Gasteiger partial charge is 0.280 e. The maximum Gasteiger partial charge on any atom is 0.280 e. The van der Waals surface area contributed by atoms with Crippen molar-refractivity contribution in [2.24, 2.45) is 11.0 Å². The van der Waals surface area contributed by atoms with Crippen molar-refractivity contribution < 1.29 is 9.53 Å². The molecule has 1 amide bonds. The minimum atomic E-state index is -0.706. The van der Waals surface area contributed by atoms with E-state index in [0.717, 1.165) is 19.3 Å². The van der Waals surface area contributed by atoms with Gasteiger partial charge in [0.1, 0.15) is 5.75 Å². The molecule has 22 heavy (non-hydrogen) atoms. The fraction of sp³-hybridized carbons (Fsp3) is 0.375. The Hall–Kier alpha value is -1.52. The highest BCUT2D eigenvalue weighted by Crippen LogP contribution is 2.28. The number of benzene rings is 1. The summed E-state index contributed by atoms with van der Waals surface area (Å²) < 4.78 is 5.52. The van der Waals surface area contributed by atoms with Crippen LogP contribution in [-0.2, 0) is 4.79 Å². The number of carbonyl (C=O) groups excluding carboxylic acids is 1. The Labute approximate surface area is 140 Å². The van der Waals surface area contributed by atoms with Crippen molar-refractivity contribution in [2.75, 3.05) is 0 Å². The molecule has 0 spiro atoms. The first kappa shape index (κ1) is 16.8. The van der Waals surface area contributed by atoms with Gasteiger partial charge in [-0.1, -0.05) is 35.4 Å². The fourth-order valence-electron chi connectivity index (χ4n) is 2.06. The van der Waals surface area contributed by atoms with E-state index in [9.17, 15) is 4.79 Å². The molecule has 118 valence electrons. The molecule has 1 aliphatic carbocycles. The van der Waals surface area contributed by atoms with Crippen molar-refractivity contribution in [2.45, 2.75) is 32.3 Å². The van der Waals surface area contributed by atoms with Crippen LogP contribution in [0, 0.1) is 5.92 Å². The van der Waals surface area contributed by atoms with E-state index in [4.69, 9.17) is 27.9 Å². The summed E-state index contributed by atoms with van der Waals surface area (Å²) >= 11 is 11.8. The van der Waals surface area contributed by atoms with Gasteiger partial charge in [-0.2, -0.15) is 5.10 Å². The number of carbonyl (C=O) groups is 1. The van der Waals surface area contributed by atoms with Crippen LogP contribution in [0.3, 0.4) is 0 Å². The molecule has 0 bridgehead atoms. The van der Waals surface area contributed by atoms with E-state index in [-0.39, 0.29) is 5.91 Å². The topological polar surface area (TPSA) is 50.7 Å². The molecule has 1 aromatic rings. The molecule has 0 heterocycles. The number of hydrogen-bond acceptors (Lipinski definition) is 3. The van der Waals surface area contributed by atoms with Crippen LogP contribution in [0.5, 0.6) is 5.75 Å². The Morgan fingerprint density at radius 3 is 2.95 bits per heavy atom. The van der Waals surface area contributed by atoms with Crippen LogP contribution in [0.2, 0.25) is 10.0 Å². The minimum Gasteiger partial charge on any atom is -0.479 e. The Balaban J connectivity index is 1.83. The standard InChI is InChI=1S/C16H18Cl2N2O2/c1-11(22-15-8-7-13(17)9-14(15)18)16(21)20-19-10-12-5-3-2-4-6-12/h2-3,7-12H,4-6H2,1H3,(H,20,21)/b19-10+. The zero-order valence-electron chi connectivity index (χ0n) is 12.3. The number of allylic oxidation sites excluding steroid dienone is 2. The number of hydrazone groups is 1. The second-order valence-corrected chi connectivity index (χ2v) is 5.98. The molecular formula is C16H18Cl2N2O2. The molecule has 0 fully saturated rings. The van der Waals surface area contributed by atoms with Gasteiger partial charge in [-0.15, -0.1) is 0 Å². The van der Waals surface area contributed by atoms with Crippen molar-refractivity contribution in [1.29, 1.82) is 0 Å². The first-order valence-electron chi connectivity index (χ1n) is 7.16. The lowest BCUT2D eigenvalue weighted by Gasteiger charge is -2.15. The van der Waals surface area contributed by atoms with E-state index in [1.807, 2.05) is 0 Å². The van der Waals surface area contributed by atoms with Gasteiger partial charge < -0.3 is 4.74 Å². The summed E-state index contributed by atoms with van der Waals surface area (Å²) in [5.41, 5.74) is 2.49. The molecule has 2 atom stereocenters. The van der Waals surface area contributed by atoms with E-state index < -0.39 is 6.10 Å². The second kappa shape index (κ2) is 8.20. The molecule has 0 saturated carbocycles. The van der Waals surface area contributed by atoms with Crippen LogP contribution in [0.4, 0.5) is 0 Å². The predicted octanol–water partition coefficient (Wildman–Crippen LogP) is 4.22. The van der Waals surface area contributed by atoms with Crippen molar-refractivity contribution >= 4 is 35.3 Å². The molecule has 4 nitrogen and oxygen atoms in total. The van der Waals surface area contributed by atoms with E-state index in [2.05, 4.69) is 22.7 Å². The van der Waals surface area contributed by atoms with Crippen LogP contribution in [0.1, 0.15) is 26.2 Å². The van der Waals surface area contributed by atoms with Crippen LogP contribution in [0.15, 0.2) is 35.5 Å². The van der Waals surface area contributed by atoms with Crippen molar-refractivity contribution in [1.82, 2.24) is 5.43 Å². The number of nitrogens with zero attached hydrogens (tertiary/aromatic N) is 1. The molecular weight excluding hydrogens is 323 g/mol. The second-order valence-electron chi connectivity index (χ2n) is 5.13. The van der Waals surface area contributed by atoms with E-state index >= 15 is 0 Å². The largest absolute Gasteiger partial charge is 0.479 e. The molecule has 0 aromatic heterocycles. The summed E-state index contributed by atoms with van der Waals surface area (Å²) in [4.78, 5) is 11.9. The quantitative estimate of drug-likeness (QED) is 0.495. The Morgan fingerprint density at radius 2 is 2.27 bits per heavy atom. The van der Waals surface area contributed by atoms with Gasteiger partial charge in [0.25, 0.3) is 5.91 Å². The van der Waals surface area contributed by atoms with Crippen molar-refractivity contribution in [3.05, 3.63) is 40.4 Å². The number of amides is 1. The number of ether oxygens (including phenoxy) is 1. The van der Waals surface area contributed by atoms with Crippen LogP contribution >= 0.6 is 23.2 Å². The zero-order chi connectivity index (χ0) is 15.9. The average molecular weight is 341 g/mol. The van der Waals surface area contributed by atoms with Gasteiger partial charge in [0.2, 0.25) is 0 Å². The number of nitrogens with one attached hydrogen (secondary N) is 1. The molecule has 6 heteroatoms. The van der Waals surface area contributed by atoms with Gasteiger partial charge in [0.15, 0.2) is 6.10 Å². The average Bonchev–Trinajstić information content (AvgIpc) is 2.51. The van der Waals surface area contributed by atoms with Crippen LogP contribution < -0.4 is 10.2 Å². The third kappa shape index (κ3) is 5.04. The summed E-state index contributed by atoms with van der Waals surface area (Å²) in [5.74, 6) is 0.468. The highest BCUT2D eigenvalue weighted by molar-refractivity contribution is 6.35. The first-order chi connectivity index (χ1) is 10.6. The zero-order valence-corrected chi connectivity index (χ0v) is 13.8. The predicted molar refractivity (Wildman–Crippen MR) is 89.7 cm³/mol. The lowest BCUT2D eigenvalue weighted by Crippen LogP contribution is -2.33. The molecule has 1 N–H and O–H groups in total. The number of halogens is 2. The summed E-state index contributed by atoms with van der Waals surface area (Å²) in [6.45, 7) is 1.64. The normalized spacial score (nSPS) is 19.1. The van der Waals surface area contributed by atoms with Gasteiger partial charge in [-0.3, -0.25) is 4.79 Å². The number of hydrogen-bond donors (Lipinski definition) is 1. The molecule has 0 saturated heterocycles. The Bertz CT molecular complexity index is 588. The maximum atomic E-state index is 11.9. The van der Waals surface area contributed by atoms with E-state index in [1.165, 1.54) is 0 Å². The van der Waals surface area contributed by atoms with E-state index in [0.29, 0.717) is 21.7 Å². The monoisotopic (exact) mass is 340 g/mol. The highest BCUT2D eigenvalue weighted by Gasteiger charge is 2.16.